The van der Waals surface area contributed by atoms with Gasteiger partial charge in [0.15, 0.2) is 0 Å². The lowest BCUT2D eigenvalue weighted by atomic mass is 9.73. The average molecular weight is 243 g/mol. The lowest BCUT2D eigenvalue weighted by molar-refractivity contribution is 0.189. The Kier molecular flexibility index (Phi) is 7.55. The fraction of sp³-hybridized carbons (Fsp3) is 1.00. The Morgan fingerprint density at radius 3 is 2.69 bits per heavy atom. The van der Waals surface area contributed by atoms with Gasteiger partial charge in [-0.05, 0) is 37.1 Å². The van der Waals surface area contributed by atoms with Gasteiger partial charge in [0.2, 0.25) is 0 Å². The molecule has 3 atom stereocenters. The van der Waals surface area contributed by atoms with Gasteiger partial charge >= 0.3 is 0 Å². The van der Waals surface area contributed by atoms with Crippen LogP contribution in [0.4, 0.5) is 0 Å². The highest BCUT2D eigenvalue weighted by atomic mass is 32.1. The zero-order chi connectivity index (χ0) is 11.8. The van der Waals surface area contributed by atoms with Crippen LogP contribution in [-0.2, 0) is 0 Å². The van der Waals surface area contributed by atoms with E-state index in [0.29, 0.717) is 0 Å². The molecule has 1 aliphatic carbocycles. The second-order valence-corrected chi connectivity index (χ2v) is 6.07. The van der Waals surface area contributed by atoms with Gasteiger partial charge in [-0.3, -0.25) is 0 Å². The van der Waals surface area contributed by atoms with E-state index in [-0.39, 0.29) is 0 Å². The van der Waals surface area contributed by atoms with Crippen LogP contribution in [-0.4, -0.2) is 18.8 Å². The van der Waals surface area contributed by atoms with Crippen LogP contribution >= 0.6 is 12.6 Å². The first-order valence-electron chi connectivity index (χ1n) is 7.05. The lowest BCUT2D eigenvalue weighted by Gasteiger charge is -2.32. The molecular formula is C14H29NS. The zero-order valence-corrected chi connectivity index (χ0v) is 11.9. The van der Waals surface area contributed by atoms with Crippen molar-refractivity contribution in [1.29, 1.82) is 0 Å². The fourth-order valence-corrected chi connectivity index (χ4v) is 3.07. The van der Waals surface area contributed by atoms with Crippen molar-refractivity contribution < 1.29 is 0 Å². The minimum absolute atomic E-state index is 0.956. The lowest BCUT2D eigenvalue weighted by Crippen LogP contribution is -2.22. The van der Waals surface area contributed by atoms with E-state index in [1.54, 1.807) is 0 Å². The maximum atomic E-state index is 4.19. The smallest absolute Gasteiger partial charge is 0.00397 e. The number of unbranched alkanes of at least 4 members (excludes halogenated alkanes) is 1. The molecule has 0 bridgehead atoms. The van der Waals surface area contributed by atoms with Gasteiger partial charge in [0, 0.05) is 12.3 Å². The molecule has 0 aromatic heterocycles. The predicted molar refractivity (Wildman–Crippen MR) is 76.2 cm³/mol. The van der Waals surface area contributed by atoms with Crippen LogP contribution in [0.25, 0.3) is 0 Å². The quantitative estimate of drug-likeness (QED) is 0.513. The minimum Gasteiger partial charge on any atom is -0.316 e. The van der Waals surface area contributed by atoms with Gasteiger partial charge < -0.3 is 5.32 Å². The molecule has 0 spiro atoms. The monoisotopic (exact) mass is 243 g/mol. The Bertz CT molecular complexity index is 172. The second-order valence-electron chi connectivity index (χ2n) is 5.62. The van der Waals surface area contributed by atoms with Gasteiger partial charge in [-0.25, -0.2) is 0 Å². The molecule has 1 nitrogen and oxygen atoms in total. The van der Waals surface area contributed by atoms with Crippen molar-refractivity contribution in [1.82, 2.24) is 5.32 Å². The summed E-state index contributed by atoms with van der Waals surface area (Å²) < 4.78 is 0. The Labute approximate surface area is 107 Å². The molecule has 1 aliphatic rings. The highest BCUT2D eigenvalue weighted by molar-refractivity contribution is 7.80. The summed E-state index contributed by atoms with van der Waals surface area (Å²) in [5.74, 6) is 3.91. The molecule has 1 rings (SSSR count). The van der Waals surface area contributed by atoms with E-state index in [1.165, 1.54) is 45.1 Å². The Hall–Kier alpha value is 0.310. The molecule has 1 N–H and O–H groups in total. The van der Waals surface area contributed by atoms with E-state index in [1.807, 2.05) is 0 Å². The predicted octanol–water partition coefficient (Wildman–Crippen LogP) is 3.75. The summed E-state index contributed by atoms with van der Waals surface area (Å²) >= 11 is 4.19. The number of thiol groups is 1. The first-order chi connectivity index (χ1) is 7.74. The first kappa shape index (κ1) is 14.4. The maximum absolute atomic E-state index is 4.19. The number of rotatable bonds is 7. The average Bonchev–Trinajstić information content (AvgIpc) is 2.28. The highest BCUT2D eigenvalue weighted by Gasteiger charge is 2.24. The molecule has 0 aromatic carbocycles. The van der Waals surface area contributed by atoms with Crippen molar-refractivity contribution >= 4 is 12.6 Å². The molecule has 2 heteroatoms. The molecule has 0 saturated heterocycles. The van der Waals surface area contributed by atoms with E-state index in [4.69, 9.17) is 0 Å². The summed E-state index contributed by atoms with van der Waals surface area (Å²) in [5, 5.41) is 3.42. The van der Waals surface area contributed by atoms with Crippen molar-refractivity contribution in [3.05, 3.63) is 0 Å². The van der Waals surface area contributed by atoms with Gasteiger partial charge in [-0.15, -0.1) is 0 Å². The van der Waals surface area contributed by atoms with E-state index in [2.05, 4.69) is 31.8 Å². The Morgan fingerprint density at radius 2 is 1.94 bits per heavy atom. The van der Waals surface area contributed by atoms with Gasteiger partial charge in [0.1, 0.15) is 0 Å². The number of hydrogen-bond acceptors (Lipinski definition) is 2. The van der Waals surface area contributed by atoms with Gasteiger partial charge in [0.05, 0.1) is 0 Å². The number of hydrogen-bond donors (Lipinski definition) is 2. The molecule has 0 aliphatic heterocycles. The van der Waals surface area contributed by atoms with Crippen LogP contribution in [0.1, 0.15) is 52.4 Å². The molecule has 1 saturated carbocycles. The number of nitrogens with one attached hydrogen (secondary N) is 1. The Balaban J connectivity index is 2.02. The van der Waals surface area contributed by atoms with Crippen molar-refractivity contribution in [2.24, 2.45) is 17.8 Å². The van der Waals surface area contributed by atoms with Crippen LogP contribution < -0.4 is 5.32 Å². The normalized spacial score (nSPS) is 30.6. The summed E-state index contributed by atoms with van der Waals surface area (Å²) in [7, 11) is 0. The third kappa shape index (κ3) is 5.58. The van der Waals surface area contributed by atoms with Crippen LogP contribution in [0, 0.1) is 17.8 Å². The zero-order valence-electron chi connectivity index (χ0n) is 11.0. The van der Waals surface area contributed by atoms with Crippen molar-refractivity contribution in [3.8, 4) is 0 Å². The summed E-state index contributed by atoms with van der Waals surface area (Å²) in [4.78, 5) is 0. The first-order valence-corrected chi connectivity index (χ1v) is 7.69. The summed E-state index contributed by atoms with van der Waals surface area (Å²) in [6, 6.07) is 0. The molecule has 0 heterocycles. The van der Waals surface area contributed by atoms with E-state index in [0.717, 1.165) is 30.1 Å². The van der Waals surface area contributed by atoms with Crippen LogP contribution in [0.3, 0.4) is 0 Å². The van der Waals surface area contributed by atoms with Crippen molar-refractivity contribution in [3.63, 3.8) is 0 Å². The topological polar surface area (TPSA) is 12.0 Å². The molecule has 0 radical (unpaired) electrons. The summed E-state index contributed by atoms with van der Waals surface area (Å²) in [6.07, 6.45) is 8.59. The molecular weight excluding hydrogens is 214 g/mol. The van der Waals surface area contributed by atoms with Gasteiger partial charge in [-0.1, -0.05) is 39.5 Å². The maximum Gasteiger partial charge on any atom is 0.00397 e. The fourth-order valence-electron chi connectivity index (χ4n) is 2.91. The van der Waals surface area contributed by atoms with Crippen LogP contribution in [0.15, 0.2) is 0 Å². The largest absolute Gasteiger partial charge is 0.316 e. The third-order valence-electron chi connectivity index (χ3n) is 4.09. The van der Waals surface area contributed by atoms with Gasteiger partial charge in [0.25, 0.3) is 0 Å². The molecule has 0 unspecified atom stereocenters. The van der Waals surface area contributed by atoms with E-state index in [9.17, 15) is 0 Å². The third-order valence-corrected chi connectivity index (χ3v) is 4.32. The Morgan fingerprint density at radius 1 is 1.12 bits per heavy atom. The summed E-state index contributed by atoms with van der Waals surface area (Å²) in [6.45, 7) is 7.11. The van der Waals surface area contributed by atoms with Crippen molar-refractivity contribution in [2.75, 3.05) is 18.8 Å². The van der Waals surface area contributed by atoms with E-state index >= 15 is 0 Å². The summed E-state index contributed by atoms with van der Waals surface area (Å²) in [5.41, 5.74) is 0. The molecule has 96 valence electrons. The standard InChI is InChI=1S/C14H29NS/c1-12-6-7-13(2)14(11-12)5-3-4-8-15-9-10-16/h12-16H,3-11H2,1-2H3/t12-,13+,14-/m1/s1. The molecule has 0 amide bonds. The molecule has 0 aromatic rings. The SMILES string of the molecule is C[C@@H]1CC[C@H](C)[C@H](CCCCNCCS)C1. The minimum atomic E-state index is 0.956. The van der Waals surface area contributed by atoms with Gasteiger partial charge in [-0.2, -0.15) is 12.6 Å². The molecule has 16 heavy (non-hydrogen) atoms. The van der Waals surface area contributed by atoms with Crippen LogP contribution in [0.5, 0.6) is 0 Å². The van der Waals surface area contributed by atoms with Crippen LogP contribution in [0.2, 0.25) is 0 Å². The molecule has 1 fully saturated rings. The van der Waals surface area contributed by atoms with Crippen molar-refractivity contribution in [2.45, 2.75) is 52.4 Å². The highest BCUT2D eigenvalue weighted by Crippen LogP contribution is 2.36. The second kappa shape index (κ2) is 8.41. The van der Waals surface area contributed by atoms with E-state index < -0.39 is 0 Å².